The van der Waals surface area contributed by atoms with Crippen LogP contribution in [0.3, 0.4) is 0 Å². The first-order valence-electron chi connectivity index (χ1n) is 8.86. The molecule has 0 atom stereocenters. The molecule has 0 fully saturated rings. The van der Waals surface area contributed by atoms with Crippen LogP contribution in [0.1, 0.15) is 75.8 Å². The summed E-state index contributed by atoms with van der Waals surface area (Å²) >= 11 is 0. The Morgan fingerprint density at radius 1 is 0.905 bits per heavy atom. The highest BCUT2D eigenvalue weighted by Gasteiger charge is 2.07. The van der Waals surface area contributed by atoms with E-state index in [0.717, 1.165) is 0 Å². The fraction of sp³-hybridized carbons (Fsp3) is 0.524. The van der Waals surface area contributed by atoms with Crippen molar-refractivity contribution in [2.24, 2.45) is 0 Å². The molecule has 0 nitrogen and oxygen atoms in total. The summed E-state index contributed by atoms with van der Waals surface area (Å²) < 4.78 is 0. The smallest absolute Gasteiger partial charge is 0.0192 e. The summed E-state index contributed by atoms with van der Waals surface area (Å²) in [6, 6.07) is 9.01. The van der Waals surface area contributed by atoms with Gasteiger partial charge in [-0.1, -0.05) is 87.9 Å². The lowest BCUT2D eigenvalue weighted by atomic mass is 9.91. The second-order valence-corrected chi connectivity index (χ2v) is 6.19. The summed E-state index contributed by atoms with van der Waals surface area (Å²) in [6.07, 6.45) is 20.1. The van der Waals surface area contributed by atoms with Crippen molar-refractivity contribution in [2.75, 3.05) is 0 Å². The van der Waals surface area contributed by atoms with Gasteiger partial charge in [0.25, 0.3) is 0 Å². The van der Waals surface area contributed by atoms with Crippen molar-refractivity contribution in [1.29, 1.82) is 0 Å². The topological polar surface area (TPSA) is 0 Å². The van der Waals surface area contributed by atoms with Crippen LogP contribution in [0.4, 0.5) is 0 Å². The largest absolute Gasteiger partial charge is 0.0842 e. The van der Waals surface area contributed by atoms with Crippen molar-refractivity contribution in [3.05, 3.63) is 53.6 Å². The van der Waals surface area contributed by atoms with Gasteiger partial charge in [0.05, 0.1) is 0 Å². The average Bonchev–Trinajstić information content (AvgIpc) is 2.55. The summed E-state index contributed by atoms with van der Waals surface area (Å²) in [4.78, 5) is 0. The van der Waals surface area contributed by atoms with Crippen LogP contribution in [0.15, 0.2) is 42.5 Å². The van der Waals surface area contributed by atoms with Crippen LogP contribution in [-0.4, -0.2) is 0 Å². The van der Waals surface area contributed by atoms with E-state index in [0.29, 0.717) is 0 Å². The lowest BCUT2D eigenvalue weighted by Gasteiger charge is -2.14. The average molecular weight is 282 g/mol. The molecule has 1 aromatic carbocycles. The van der Waals surface area contributed by atoms with Crippen LogP contribution >= 0.6 is 0 Å². The Morgan fingerprint density at radius 2 is 1.67 bits per heavy atom. The number of hydrogen-bond donors (Lipinski definition) is 0. The summed E-state index contributed by atoms with van der Waals surface area (Å²) in [7, 11) is 0. The van der Waals surface area contributed by atoms with Gasteiger partial charge in [0.2, 0.25) is 0 Å². The highest BCUT2D eigenvalue weighted by molar-refractivity contribution is 5.70. The van der Waals surface area contributed by atoms with E-state index in [1.54, 1.807) is 5.56 Å². The molecule has 21 heavy (non-hydrogen) atoms. The fourth-order valence-electron chi connectivity index (χ4n) is 3.15. The van der Waals surface area contributed by atoms with Gasteiger partial charge in [-0.15, -0.1) is 0 Å². The van der Waals surface area contributed by atoms with Gasteiger partial charge in [-0.2, -0.15) is 0 Å². The maximum Gasteiger partial charge on any atom is -0.0192 e. The molecule has 0 spiro atoms. The zero-order valence-electron chi connectivity index (χ0n) is 13.6. The van der Waals surface area contributed by atoms with Gasteiger partial charge in [0.1, 0.15) is 0 Å². The van der Waals surface area contributed by atoms with Crippen molar-refractivity contribution >= 4 is 5.57 Å². The molecule has 0 saturated heterocycles. The van der Waals surface area contributed by atoms with Crippen molar-refractivity contribution in [1.82, 2.24) is 0 Å². The molecule has 0 heteroatoms. The molecule has 0 N–H and O–H groups in total. The van der Waals surface area contributed by atoms with Crippen LogP contribution < -0.4 is 0 Å². The fourth-order valence-corrected chi connectivity index (χ4v) is 3.15. The van der Waals surface area contributed by atoms with Crippen molar-refractivity contribution < 1.29 is 0 Å². The Kier molecular flexibility index (Phi) is 7.35. The second kappa shape index (κ2) is 9.60. The third-order valence-electron chi connectivity index (χ3n) is 4.43. The number of aryl methyl sites for hydroxylation is 1. The van der Waals surface area contributed by atoms with E-state index in [2.05, 4.69) is 49.4 Å². The zero-order valence-corrected chi connectivity index (χ0v) is 13.6. The molecule has 1 aliphatic carbocycles. The molecule has 0 amide bonds. The molecule has 114 valence electrons. The van der Waals surface area contributed by atoms with Crippen molar-refractivity contribution in [3.8, 4) is 0 Å². The molecular weight excluding hydrogens is 252 g/mol. The summed E-state index contributed by atoms with van der Waals surface area (Å²) in [5.74, 6) is 0. The van der Waals surface area contributed by atoms with Crippen LogP contribution in [0.25, 0.3) is 5.57 Å². The molecule has 0 bridgehead atoms. The van der Waals surface area contributed by atoms with Gasteiger partial charge in [0, 0.05) is 0 Å². The first-order chi connectivity index (χ1) is 10.4. The maximum absolute atomic E-state index is 2.32. The van der Waals surface area contributed by atoms with E-state index < -0.39 is 0 Å². The lowest BCUT2D eigenvalue weighted by Crippen LogP contribution is -1.96. The number of unbranched alkanes of at least 4 members (excludes halogenated alkanes) is 6. The first-order valence-corrected chi connectivity index (χ1v) is 8.86. The lowest BCUT2D eigenvalue weighted by molar-refractivity contribution is 0.589. The van der Waals surface area contributed by atoms with E-state index in [1.807, 2.05) is 0 Å². The minimum atomic E-state index is 1.19. The normalized spacial score (nSPS) is 14.2. The SMILES string of the molecule is CCCCCCCCCc1ccccc1C1=CC=CCC1. The number of benzene rings is 1. The molecule has 1 aliphatic rings. The Bertz CT molecular complexity index is 465. The third kappa shape index (κ3) is 5.53. The van der Waals surface area contributed by atoms with Gasteiger partial charge >= 0.3 is 0 Å². The molecular formula is C21H30. The Labute approximate surface area is 131 Å². The summed E-state index contributed by atoms with van der Waals surface area (Å²) in [5.41, 5.74) is 4.57. The van der Waals surface area contributed by atoms with Gasteiger partial charge in [-0.3, -0.25) is 0 Å². The van der Waals surface area contributed by atoms with Gasteiger partial charge in [-0.05, 0) is 42.4 Å². The Hall–Kier alpha value is -1.30. The van der Waals surface area contributed by atoms with Gasteiger partial charge < -0.3 is 0 Å². The number of hydrogen-bond acceptors (Lipinski definition) is 0. The predicted octanol–water partition coefficient (Wildman–Crippen LogP) is 6.71. The minimum absolute atomic E-state index is 1.19. The zero-order chi connectivity index (χ0) is 14.8. The van der Waals surface area contributed by atoms with E-state index in [9.17, 15) is 0 Å². The molecule has 0 saturated carbocycles. The highest BCUT2D eigenvalue weighted by Crippen LogP contribution is 2.27. The Morgan fingerprint density at radius 3 is 2.43 bits per heavy atom. The molecule has 0 aliphatic heterocycles. The van der Waals surface area contributed by atoms with Crippen LogP contribution in [-0.2, 0) is 6.42 Å². The molecule has 0 heterocycles. The Balaban J connectivity index is 1.80. The standard InChI is InChI=1S/C21H30/c1-2-3-4-5-6-7-9-14-20-17-12-13-18-21(20)19-15-10-8-11-16-19/h8,10,12-13,15,17-18H,2-7,9,11,14,16H2,1H3. The van der Waals surface area contributed by atoms with Crippen molar-refractivity contribution in [2.45, 2.75) is 71.1 Å². The van der Waals surface area contributed by atoms with E-state index in [4.69, 9.17) is 0 Å². The predicted molar refractivity (Wildman–Crippen MR) is 94.5 cm³/mol. The molecule has 0 unspecified atom stereocenters. The number of allylic oxidation sites excluding steroid dienone is 4. The van der Waals surface area contributed by atoms with Crippen molar-refractivity contribution in [3.63, 3.8) is 0 Å². The van der Waals surface area contributed by atoms with Gasteiger partial charge in [-0.25, -0.2) is 0 Å². The first kappa shape index (κ1) is 16.1. The van der Waals surface area contributed by atoms with E-state index in [1.165, 1.54) is 75.3 Å². The maximum atomic E-state index is 2.32. The minimum Gasteiger partial charge on any atom is -0.0842 e. The monoisotopic (exact) mass is 282 g/mol. The quantitative estimate of drug-likeness (QED) is 0.441. The van der Waals surface area contributed by atoms with E-state index >= 15 is 0 Å². The summed E-state index contributed by atoms with van der Waals surface area (Å²) in [6.45, 7) is 2.28. The van der Waals surface area contributed by atoms with Crippen LogP contribution in [0, 0.1) is 0 Å². The second-order valence-electron chi connectivity index (χ2n) is 6.19. The third-order valence-corrected chi connectivity index (χ3v) is 4.43. The van der Waals surface area contributed by atoms with Crippen LogP contribution in [0.5, 0.6) is 0 Å². The molecule has 1 aromatic rings. The molecule has 2 rings (SSSR count). The number of rotatable bonds is 9. The summed E-state index contributed by atoms with van der Waals surface area (Å²) in [5, 5.41) is 0. The van der Waals surface area contributed by atoms with Crippen LogP contribution in [0.2, 0.25) is 0 Å². The highest BCUT2D eigenvalue weighted by atomic mass is 14.1. The van der Waals surface area contributed by atoms with Gasteiger partial charge in [0.15, 0.2) is 0 Å². The molecule has 0 radical (unpaired) electrons. The van der Waals surface area contributed by atoms with E-state index in [-0.39, 0.29) is 0 Å². The molecule has 0 aromatic heterocycles.